The monoisotopic (exact) mass is 540 g/mol. The van der Waals surface area contributed by atoms with Gasteiger partial charge in [0.25, 0.3) is 0 Å². The van der Waals surface area contributed by atoms with Gasteiger partial charge in [-0.3, -0.25) is 14.4 Å². The summed E-state index contributed by atoms with van der Waals surface area (Å²) in [4.78, 5) is 53.6. The summed E-state index contributed by atoms with van der Waals surface area (Å²) in [7, 11) is 0. The number of nitrogens with two attached hydrogens (primary N) is 1. The average Bonchev–Trinajstić information content (AvgIpc) is 2.93. The number of nitrogens with zero attached hydrogens (tertiary/aromatic N) is 2. The van der Waals surface area contributed by atoms with Crippen molar-refractivity contribution < 1.29 is 33.8 Å². The molecule has 1 heterocycles. The molecule has 1 unspecified atom stereocenters. The largest absolute Gasteiger partial charge is 0.494 e. The first-order valence-corrected chi connectivity index (χ1v) is 13.0. The number of nitrogens with one attached hydrogen (secondary N) is 1. The van der Waals surface area contributed by atoms with E-state index < -0.39 is 42.5 Å². The highest BCUT2D eigenvalue weighted by Crippen LogP contribution is 2.20. The molecule has 1 fully saturated rings. The van der Waals surface area contributed by atoms with Gasteiger partial charge in [0.15, 0.2) is 0 Å². The Hall–Kier alpha value is -4.12. The Bertz CT molecular complexity index is 1110. The van der Waals surface area contributed by atoms with Crippen molar-refractivity contribution in [2.24, 2.45) is 5.73 Å². The predicted octanol–water partition coefficient (Wildman–Crippen LogP) is 1.79. The van der Waals surface area contributed by atoms with Crippen molar-refractivity contribution in [3.63, 3.8) is 0 Å². The summed E-state index contributed by atoms with van der Waals surface area (Å²) in [5, 5.41) is 11.9. The Morgan fingerprint density at radius 2 is 1.79 bits per heavy atom. The Balaban J connectivity index is 1.80. The van der Waals surface area contributed by atoms with Gasteiger partial charge < -0.3 is 35.4 Å². The molecule has 11 heteroatoms. The highest BCUT2D eigenvalue weighted by Gasteiger charge is 2.40. The van der Waals surface area contributed by atoms with Crippen LogP contribution in [0.2, 0.25) is 0 Å². The molecule has 1 saturated heterocycles. The van der Waals surface area contributed by atoms with E-state index in [2.05, 4.69) is 5.32 Å². The fourth-order valence-corrected chi connectivity index (χ4v) is 4.44. The zero-order valence-electron chi connectivity index (χ0n) is 22.1. The van der Waals surface area contributed by atoms with Crippen LogP contribution in [0.5, 0.6) is 5.75 Å². The average molecular weight is 541 g/mol. The van der Waals surface area contributed by atoms with Crippen LogP contribution in [-0.4, -0.2) is 83.7 Å². The lowest BCUT2D eigenvalue weighted by molar-refractivity contribution is -0.156. The molecule has 2 aromatic rings. The zero-order chi connectivity index (χ0) is 28.2. The van der Waals surface area contributed by atoms with Crippen LogP contribution in [0.4, 0.5) is 4.79 Å². The molecule has 0 bridgehead atoms. The number of aliphatic carboxylic acids is 1. The van der Waals surface area contributed by atoms with Crippen molar-refractivity contribution in [1.29, 1.82) is 0 Å². The minimum absolute atomic E-state index is 0.0299. The number of piperazine rings is 1. The first kappa shape index (κ1) is 29.4. The van der Waals surface area contributed by atoms with E-state index in [-0.39, 0.29) is 32.5 Å². The molecule has 4 N–H and O–H groups in total. The molecule has 2 aromatic carbocycles. The maximum atomic E-state index is 13.8. The number of benzene rings is 2. The highest BCUT2D eigenvalue weighted by atomic mass is 16.5. The third-order valence-corrected chi connectivity index (χ3v) is 6.35. The van der Waals surface area contributed by atoms with Gasteiger partial charge in [0.2, 0.25) is 11.8 Å². The number of amides is 3. The number of alkyl carbamates (subject to hydrolysis) is 1. The summed E-state index contributed by atoms with van der Waals surface area (Å²) in [5.74, 6) is -1.35. The van der Waals surface area contributed by atoms with Crippen LogP contribution in [0.3, 0.4) is 0 Å². The molecule has 1 aliphatic heterocycles. The number of carbonyl (C=O) groups excluding carboxylic acids is 3. The van der Waals surface area contributed by atoms with E-state index in [1.54, 1.807) is 12.1 Å². The first-order chi connectivity index (χ1) is 18.8. The van der Waals surface area contributed by atoms with E-state index >= 15 is 0 Å². The lowest BCUT2D eigenvalue weighted by Crippen LogP contribution is -2.63. The normalized spacial score (nSPS) is 15.9. The second kappa shape index (κ2) is 14.7. The molecule has 0 saturated carbocycles. The topological polar surface area (TPSA) is 152 Å². The third kappa shape index (κ3) is 8.71. The SMILES string of the molecule is CCOc1ccc(CC(NC(=O)OCc2ccccc2)C(=O)N2CCN(CC(=O)O)C(=O)[C@@H]2CCCN)cc1. The number of hydrogen-bond donors (Lipinski definition) is 3. The predicted molar refractivity (Wildman–Crippen MR) is 143 cm³/mol. The molecule has 0 aliphatic carbocycles. The van der Waals surface area contributed by atoms with Crippen molar-refractivity contribution >= 4 is 23.9 Å². The van der Waals surface area contributed by atoms with Crippen molar-refractivity contribution in [3.05, 3.63) is 65.7 Å². The van der Waals surface area contributed by atoms with Gasteiger partial charge >= 0.3 is 12.1 Å². The number of carbonyl (C=O) groups is 4. The maximum Gasteiger partial charge on any atom is 0.408 e. The minimum Gasteiger partial charge on any atom is -0.494 e. The van der Waals surface area contributed by atoms with Gasteiger partial charge in [-0.05, 0) is 49.6 Å². The summed E-state index contributed by atoms with van der Waals surface area (Å²) in [6.07, 6.45) is 0.138. The van der Waals surface area contributed by atoms with Crippen molar-refractivity contribution in [2.75, 3.05) is 32.8 Å². The molecule has 0 radical (unpaired) electrons. The molecule has 1 aliphatic rings. The van der Waals surface area contributed by atoms with Gasteiger partial charge in [0, 0.05) is 19.5 Å². The van der Waals surface area contributed by atoms with Crippen LogP contribution in [0.25, 0.3) is 0 Å². The van der Waals surface area contributed by atoms with Gasteiger partial charge in [-0.15, -0.1) is 0 Å². The lowest BCUT2D eigenvalue weighted by Gasteiger charge is -2.41. The Morgan fingerprint density at radius 3 is 2.44 bits per heavy atom. The zero-order valence-corrected chi connectivity index (χ0v) is 22.1. The van der Waals surface area contributed by atoms with E-state index in [9.17, 15) is 24.3 Å². The molecule has 2 atom stereocenters. The van der Waals surface area contributed by atoms with Crippen LogP contribution in [-0.2, 0) is 32.1 Å². The first-order valence-electron chi connectivity index (χ1n) is 13.0. The molecule has 0 aromatic heterocycles. The lowest BCUT2D eigenvalue weighted by atomic mass is 10.00. The van der Waals surface area contributed by atoms with Crippen molar-refractivity contribution in [2.45, 2.75) is 44.9 Å². The molecule has 3 rings (SSSR count). The van der Waals surface area contributed by atoms with E-state index in [4.69, 9.17) is 15.2 Å². The van der Waals surface area contributed by atoms with Crippen LogP contribution in [0.15, 0.2) is 54.6 Å². The number of hydrogen-bond acceptors (Lipinski definition) is 7. The fraction of sp³-hybridized carbons (Fsp3) is 0.429. The van der Waals surface area contributed by atoms with Gasteiger partial charge in [-0.2, -0.15) is 0 Å². The van der Waals surface area contributed by atoms with Crippen molar-refractivity contribution in [3.8, 4) is 5.75 Å². The Kier molecular flexibility index (Phi) is 11.1. The molecule has 0 spiro atoms. The summed E-state index contributed by atoms with van der Waals surface area (Å²) >= 11 is 0. The summed E-state index contributed by atoms with van der Waals surface area (Å²) in [6, 6.07) is 14.4. The standard InChI is InChI=1S/C28H36N4O7/c1-2-38-22-12-10-20(11-13-22)17-23(30-28(37)39-19-21-7-4-3-5-8-21)26(35)32-16-15-31(18-25(33)34)27(36)24(32)9-6-14-29/h3-5,7-8,10-13,23-24H,2,6,9,14-19,29H2,1H3,(H,30,37)(H,33,34)/t23?,24-/m0/s1. The molecular weight excluding hydrogens is 504 g/mol. The van der Waals surface area contributed by atoms with Gasteiger partial charge in [0.1, 0.15) is 31.0 Å². The van der Waals surface area contributed by atoms with Crippen LogP contribution < -0.4 is 15.8 Å². The summed E-state index contributed by atoms with van der Waals surface area (Å²) < 4.78 is 10.8. The van der Waals surface area contributed by atoms with E-state index in [1.165, 1.54) is 9.80 Å². The van der Waals surface area contributed by atoms with E-state index in [0.29, 0.717) is 25.3 Å². The molecule has 39 heavy (non-hydrogen) atoms. The van der Waals surface area contributed by atoms with Crippen molar-refractivity contribution in [1.82, 2.24) is 15.1 Å². The summed E-state index contributed by atoms with van der Waals surface area (Å²) in [5.41, 5.74) is 7.23. The number of carboxylic acid groups (broad SMARTS) is 1. The van der Waals surface area contributed by atoms with E-state index in [1.807, 2.05) is 49.4 Å². The van der Waals surface area contributed by atoms with Gasteiger partial charge in [-0.25, -0.2) is 4.79 Å². The number of ether oxygens (including phenoxy) is 2. The molecule has 3 amide bonds. The third-order valence-electron chi connectivity index (χ3n) is 6.35. The summed E-state index contributed by atoms with van der Waals surface area (Å²) in [6.45, 7) is 2.50. The fourth-order valence-electron chi connectivity index (χ4n) is 4.44. The second-order valence-corrected chi connectivity index (χ2v) is 9.17. The smallest absolute Gasteiger partial charge is 0.408 e. The van der Waals surface area contributed by atoms with Crippen LogP contribution in [0.1, 0.15) is 30.9 Å². The Morgan fingerprint density at radius 1 is 1.08 bits per heavy atom. The van der Waals surface area contributed by atoms with E-state index in [0.717, 1.165) is 11.1 Å². The Labute approximate surface area is 227 Å². The quantitative estimate of drug-likeness (QED) is 0.348. The molecule has 11 nitrogen and oxygen atoms in total. The second-order valence-electron chi connectivity index (χ2n) is 9.17. The minimum atomic E-state index is -1.13. The van der Waals surface area contributed by atoms with Crippen LogP contribution in [0, 0.1) is 0 Å². The number of rotatable bonds is 13. The molecule has 210 valence electrons. The number of carboxylic acids is 1. The highest BCUT2D eigenvalue weighted by molar-refractivity contribution is 5.93. The van der Waals surface area contributed by atoms with Gasteiger partial charge in [-0.1, -0.05) is 42.5 Å². The molecular formula is C28H36N4O7. The van der Waals surface area contributed by atoms with Gasteiger partial charge in [0.05, 0.1) is 6.61 Å². The van der Waals surface area contributed by atoms with Crippen LogP contribution >= 0.6 is 0 Å². The maximum absolute atomic E-state index is 13.8.